The third-order valence-corrected chi connectivity index (χ3v) is 3.58. The Balaban J connectivity index is 2.01. The molecule has 0 atom stereocenters. The van der Waals surface area contributed by atoms with E-state index in [0.29, 0.717) is 0 Å². The minimum atomic E-state index is -2.88. The summed E-state index contributed by atoms with van der Waals surface area (Å²) in [7, 11) is 0. The Hall–Kier alpha value is -2.17. The van der Waals surface area contributed by atoms with Crippen LogP contribution in [0.5, 0.6) is 5.88 Å². The van der Waals surface area contributed by atoms with Gasteiger partial charge in [-0.15, -0.1) is 0 Å². The zero-order valence-corrected chi connectivity index (χ0v) is 10.8. The number of nitrogens with two attached hydrogens (primary N) is 1. The lowest BCUT2D eigenvalue weighted by Crippen LogP contribution is -2.03. The fourth-order valence-electron chi connectivity index (χ4n) is 2.68. The van der Waals surface area contributed by atoms with Crippen molar-refractivity contribution in [2.45, 2.75) is 25.9 Å². The van der Waals surface area contributed by atoms with E-state index in [1.54, 1.807) is 6.07 Å². The monoisotopic (exact) mass is 276 g/mol. The van der Waals surface area contributed by atoms with E-state index in [9.17, 15) is 8.78 Å². The summed E-state index contributed by atoms with van der Waals surface area (Å²) in [5.74, 6) is -0.0996. The lowest BCUT2D eigenvalue weighted by atomic mass is 9.98. The molecule has 20 heavy (non-hydrogen) atoms. The molecule has 0 fully saturated rings. The lowest BCUT2D eigenvalue weighted by molar-refractivity contribution is -0.0528. The van der Waals surface area contributed by atoms with Gasteiger partial charge in [-0.25, -0.2) is 4.98 Å². The molecule has 1 aliphatic carbocycles. The van der Waals surface area contributed by atoms with E-state index in [1.807, 2.05) is 6.07 Å². The van der Waals surface area contributed by atoms with Crippen molar-refractivity contribution >= 4 is 5.69 Å². The van der Waals surface area contributed by atoms with Crippen LogP contribution in [0.2, 0.25) is 0 Å². The molecular weight excluding hydrogens is 262 g/mol. The van der Waals surface area contributed by atoms with Gasteiger partial charge in [0.25, 0.3) is 0 Å². The van der Waals surface area contributed by atoms with Gasteiger partial charge in [0, 0.05) is 23.5 Å². The highest BCUT2D eigenvalue weighted by molar-refractivity contribution is 5.80. The van der Waals surface area contributed by atoms with Crippen LogP contribution in [0, 0.1) is 0 Å². The van der Waals surface area contributed by atoms with Crippen LogP contribution in [0.3, 0.4) is 0 Å². The second-order valence-corrected chi connectivity index (χ2v) is 4.78. The standard InChI is InChI=1S/C15H14F2N2O/c16-15(17)20-13-8-10(6-7-19-13)12-5-4-9-2-1-3-11(9)14(12)18/h4-8,15H,1-3,18H2. The van der Waals surface area contributed by atoms with Crippen molar-refractivity contribution in [3.05, 3.63) is 41.6 Å². The molecule has 3 nitrogen and oxygen atoms in total. The third kappa shape index (κ3) is 2.31. The number of benzene rings is 1. The van der Waals surface area contributed by atoms with E-state index in [2.05, 4.69) is 15.8 Å². The number of ether oxygens (including phenoxy) is 1. The molecule has 3 rings (SSSR count). The molecule has 2 N–H and O–H groups in total. The van der Waals surface area contributed by atoms with E-state index in [1.165, 1.54) is 23.4 Å². The average Bonchev–Trinajstić information content (AvgIpc) is 2.88. The first-order valence-electron chi connectivity index (χ1n) is 6.46. The van der Waals surface area contributed by atoms with Crippen LogP contribution in [-0.4, -0.2) is 11.6 Å². The minimum absolute atomic E-state index is 0.0996. The van der Waals surface area contributed by atoms with Crippen molar-refractivity contribution in [1.29, 1.82) is 0 Å². The summed E-state index contributed by atoms with van der Waals surface area (Å²) in [5.41, 5.74) is 11.0. The van der Waals surface area contributed by atoms with Gasteiger partial charge in [0.05, 0.1) is 0 Å². The molecule has 0 bridgehead atoms. The first-order valence-corrected chi connectivity index (χ1v) is 6.46. The van der Waals surface area contributed by atoms with Crippen molar-refractivity contribution in [2.24, 2.45) is 0 Å². The topological polar surface area (TPSA) is 48.1 Å². The molecule has 0 unspecified atom stereocenters. The van der Waals surface area contributed by atoms with Gasteiger partial charge in [-0.1, -0.05) is 12.1 Å². The van der Waals surface area contributed by atoms with E-state index < -0.39 is 6.61 Å². The second kappa shape index (κ2) is 5.07. The number of hydrogen-bond acceptors (Lipinski definition) is 3. The largest absolute Gasteiger partial charge is 0.417 e. The maximum absolute atomic E-state index is 12.2. The van der Waals surface area contributed by atoms with Crippen LogP contribution >= 0.6 is 0 Å². The Morgan fingerprint density at radius 1 is 1.20 bits per heavy atom. The van der Waals surface area contributed by atoms with Gasteiger partial charge < -0.3 is 10.5 Å². The van der Waals surface area contributed by atoms with Crippen LogP contribution < -0.4 is 10.5 Å². The molecule has 1 aliphatic rings. The fourth-order valence-corrected chi connectivity index (χ4v) is 2.68. The molecule has 0 saturated heterocycles. The number of nitrogen functional groups attached to an aromatic ring is 1. The summed E-state index contributed by atoms with van der Waals surface area (Å²) in [6.45, 7) is -2.88. The molecule has 0 amide bonds. The Kier molecular flexibility index (Phi) is 3.26. The predicted molar refractivity (Wildman–Crippen MR) is 72.7 cm³/mol. The average molecular weight is 276 g/mol. The SMILES string of the molecule is Nc1c(-c2ccnc(OC(F)F)c2)ccc2c1CCC2. The van der Waals surface area contributed by atoms with Crippen LogP contribution in [0.15, 0.2) is 30.5 Å². The number of aryl methyl sites for hydroxylation is 1. The first-order chi connectivity index (χ1) is 9.65. The molecule has 1 aromatic carbocycles. The number of alkyl halides is 2. The summed E-state index contributed by atoms with van der Waals surface area (Å²) < 4.78 is 28.8. The normalized spacial score (nSPS) is 13.6. The molecular formula is C15H14F2N2O. The Labute approximate surface area is 115 Å². The molecule has 0 aliphatic heterocycles. The van der Waals surface area contributed by atoms with Gasteiger partial charge in [-0.2, -0.15) is 8.78 Å². The molecule has 104 valence electrons. The zero-order valence-electron chi connectivity index (χ0n) is 10.8. The van der Waals surface area contributed by atoms with Crippen LogP contribution in [0.1, 0.15) is 17.5 Å². The highest BCUT2D eigenvalue weighted by atomic mass is 19.3. The number of halogens is 2. The summed E-state index contributed by atoms with van der Waals surface area (Å²) in [6.07, 6.45) is 4.58. The number of pyridine rings is 1. The molecule has 0 saturated carbocycles. The third-order valence-electron chi connectivity index (χ3n) is 3.58. The van der Waals surface area contributed by atoms with E-state index in [-0.39, 0.29) is 5.88 Å². The molecule has 0 spiro atoms. The number of aromatic nitrogens is 1. The molecule has 0 radical (unpaired) electrons. The van der Waals surface area contributed by atoms with E-state index >= 15 is 0 Å². The van der Waals surface area contributed by atoms with Crippen molar-refractivity contribution in [3.63, 3.8) is 0 Å². The summed E-state index contributed by atoms with van der Waals surface area (Å²) >= 11 is 0. The molecule has 2 aromatic rings. The van der Waals surface area contributed by atoms with Crippen LogP contribution in [0.25, 0.3) is 11.1 Å². The first kappa shape index (κ1) is 12.8. The van der Waals surface area contributed by atoms with Gasteiger partial charge in [-0.05, 0) is 42.0 Å². The van der Waals surface area contributed by atoms with Gasteiger partial charge >= 0.3 is 6.61 Å². The van der Waals surface area contributed by atoms with Gasteiger partial charge in [0.15, 0.2) is 0 Å². The second-order valence-electron chi connectivity index (χ2n) is 4.78. The molecule has 1 aromatic heterocycles. The quantitative estimate of drug-likeness (QED) is 0.874. The van der Waals surface area contributed by atoms with Crippen molar-refractivity contribution in [2.75, 3.05) is 5.73 Å². The maximum Gasteiger partial charge on any atom is 0.388 e. The number of nitrogens with zero attached hydrogens (tertiary/aromatic N) is 1. The highest BCUT2D eigenvalue weighted by Crippen LogP contribution is 2.36. The van der Waals surface area contributed by atoms with Gasteiger partial charge in [-0.3, -0.25) is 0 Å². The lowest BCUT2D eigenvalue weighted by Gasteiger charge is -2.12. The number of fused-ring (bicyclic) bond motifs is 1. The van der Waals surface area contributed by atoms with Gasteiger partial charge in [0.2, 0.25) is 5.88 Å². The Bertz CT molecular complexity index is 644. The number of anilines is 1. The van der Waals surface area contributed by atoms with Crippen molar-refractivity contribution < 1.29 is 13.5 Å². The van der Waals surface area contributed by atoms with E-state index in [0.717, 1.165) is 36.1 Å². The van der Waals surface area contributed by atoms with Crippen LogP contribution in [0.4, 0.5) is 14.5 Å². The summed E-state index contributed by atoms with van der Waals surface area (Å²) in [6, 6.07) is 7.22. The van der Waals surface area contributed by atoms with Crippen molar-refractivity contribution in [1.82, 2.24) is 4.98 Å². The fraction of sp³-hybridized carbons (Fsp3) is 0.267. The van der Waals surface area contributed by atoms with E-state index in [4.69, 9.17) is 5.73 Å². The summed E-state index contributed by atoms with van der Waals surface area (Å²) in [5, 5.41) is 0. The zero-order chi connectivity index (χ0) is 14.1. The Morgan fingerprint density at radius 3 is 2.85 bits per heavy atom. The number of hydrogen-bond donors (Lipinski definition) is 1. The molecule has 5 heteroatoms. The van der Waals surface area contributed by atoms with Gasteiger partial charge in [0.1, 0.15) is 0 Å². The Morgan fingerprint density at radius 2 is 2.05 bits per heavy atom. The van der Waals surface area contributed by atoms with Crippen LogP contribution in [-0.2, 0) is 12.8 Å². The summed E-state index contributed by atoms with van der Waals surface area (Å²) in [4.78, 5) is 3.76. The molecule has 1 heterocycles. The van der Waals surface area contributed by atoms with Crippen molar-refractivity contribution in [3.8, 4) is 17.0 Å². The minimum Gasteiger partial charge on any atom is -0.417 e. The number of rotatable bonds is 3. The maximum atomic E-state index is 12.2. The predicted octanol–water partition coefficient (Wildman–Crippen LogP) is 3.42. The smallest absolute Gasteiger partial charge is 0.388 e. The highest BCUT2D eigenvalue weighted by Gasteiger charge is 2.17.